The van der Waals surface area contributed by atoms with Crippen LogP contribution in [-0.2, 0) is 12.0 Å². The summed E-state index contributed by atoms with van der Waals surface area (Å²) in [6.45, 7) is 13.0. The highest BCUT2D eigenvalue weighted by atomic mass is 15.1. The molecule has 0 amide bonds. The first-order valence-electron chi connectivity index (χ1n) is 6.89. The smallest absolute Gasteiger partial charge is 0.132 e. The number of hydrogen-bond donors (Lipinski definition) is 1. The fourth-order valence-electron chi connectivity index (χ4n) is 2.28. The van der Waals surface area contributed by atoms with Gasteiger partial charge in [-0.1, -0.05) is 56.7 Å². The molecule has 3 heteroatoms. The Balaban J connectivity index is 2.60. The molecule has 0 saturated carbocycles. The van der Waals surface area contributed by atoms with Crippen molar-refractivity contribution in [1.29, 1.82) is 0 Å². The molecule has 106 valence electrons. The highest BCUT2D eigenvalue weighted by Crippen LogP contribution is 2.32. The van der Waals surface area contributed by atoms with Crippen molar-refractivity contribution in [2.75, 3.05) is 5.73 Å². The van der Waals surface area contributed by atoms with Crippen molar-refractivity contribution in [2.45, 2.75) is 39.7 Å². The highest BCUT2D eigenvalue weighted by molar-refractivity contribution is 5.71. The van der Waals surface area contributed by atoms with Gasteiger partial charge in [0.1, 0.15) is 17.3 Å². The molecule has 0 bridgehead atoms. The van der Waals surface area contributed by atoms with Gasteiger partial charge in [-0.3, -0.25) is 0 Å². The van der Waals surface area contributed by atoms with E-state index in [1.54, 1.807) is 0 Å². The summed E-state index contributed by atoms with van der Waals surface area (Å²) in [5.41, 5.74) is 9.40. The maximum Gasteiger partial charge on any atom is 0.132 e. The van der Waals surface area contributed by atoms with Crippen LogP contribution >= 0.6 is 0 Å². The molecular formula is C17H23N3. The summed E-state index contributed by atoms with van der Waals surface area (Å²) < 4.78 is 2.04. The molecule has 0 aliphatic rings. The molecule has 0 fully saturated rings. The van der Waals surface area contributed by atoms with Crippen LogP contribution in [0.25, 0.3) is 11.3 Å². The van der Waals surface area contributed by atoms with Gasteiger partial charge in [0.05, 0.1) is 0 Å². The van der Waals surface area contributed by atoms with Crippen molar-refractivity contribution in [2.24, 2.45) is 0 Å². The number of allylic oxidation sites excluding steroid dienone is 1. The van der Waals surface area contributed by atoms with E-state index in [0.717, 1.165) is 17.1 Å². The molecule has 0 radical (unpaired) electrons. The third kappa shape index (κ3) is 2.62. The van der Waals surface area contributed by atoms with Gasteiger partial charge in [-0.05, 0) is 6.92 Å². The third-order valence-electron chi connectivity index (χ3n) is 3.31. The molecule has 20 heavy (non-hydrogen) atoms. The summed E-state index contributed by atoms with van der Waals surface area (Å²) in [4.78, 5) is 4.79. The van der Waals surface area contributed by atoms with E-state index in [0.29, 0.717) is 12.4 Å². The van der Waals surface area contributed by atoms with E-state index in [4.69, 9.17) is 10.7 Å². The highest BCUT2D eigenvalue weighted by Gasteiger charge is 2.24. The van der Waals surface area contributed by atoms with Crippen LogP contribution in [0.4, 0.5) is 5.82 Å². The summed E-state index contributed by atoms with van der Waals surface area (Å²) in [6.07, 6.45) is 1.85. The maximum absolute atomic E-state index is 6.31. The number of rotatable bonds is 3. The first-order valence-corrected chi connectivity index (χ1v) is 6.89. The lowest BCUT2D eigenvalue weighted by molar-refractivity contribution is 0.515. The van der Waals surface area contributed by atoms with Gasteiger partial charge >= 0.3 is 0 Å². The van der Waals surface area contributed by atoms with Gasteiger partial charge < -0.3 is 10.3 Å². The maximum atomic E-state index is 6.31. The van der Waals surface area contributed by atoms with E-state index in [-0.39, 0.29) is 5.41 Å². The second kappa shape index (κ2) is 5.16. The lowest BCUT2D eigenvalue weighted by Gasteiger charge is -2.19. The minimum Gasteiger partial charge on any atom is -0.383 e. The predicted molar refractivity (Wildman–Crippen MR) is 85.7 cm³/mol. The Morgan fingerprint density at radius 1 is 1.25 bits per heavy atom. The molecule has 0 spiro atoms. The third-order valence-corrected chi connectivity index (χ3v) is 3.31. The monoisotopic (exact) mass is 269 g/mol. The molecule has 0 saturated heterocycles. The van der Waals surface area contributed by atoms with Crippen molar-refractivity contribution in [3.63, 3.8) is 0 Å². The summed E-state index contributed by atoms with van der Waals surface area (Å²) in [5, 5.41) is 0. The second-order valence-corrected chi connectivity index (χ2v) is 6.18. The lowest BCUT2D eigenvalue weighted by Crippen LogP contribution is -2.19. The van der Waals surface area contributed by atoms with Gasteiger partial charge in [0.15, 0.2) is 0 Å². The van der Waals surface area contributed by atoms with Crippen molar-refractivity contribution in [3.05, 3.63) is 48.3 Å². The van der Waals surface area contributed by atoms with Crippen molar-refractivity contribution >= 4 is 5.82 Å². The van der Waals surface area contributed by atoms with Gasteiger partial charge in [-0.15, -0.1) is 6.58 Å². The van der Waals surface area contributed by atoms with E-state index < -0.39 is 0 Å². The van der Waals surface area contributed by atoms with E-state index in [9.17, 15) is 0 Å². The van der Waals surface area contributed by atoms with Crippen LogP contribution in [0.15, 0.2) is 36.9 Å². The van der Waals surface area contributed by atoms with Crippen LogP contribution in [0.1, 0.15) is 32.2 Å². The van der Waals surface area contributed by atoms with Gasteiger partial charge in [0.2, 0.25) is 0 Å². The van der Waals surface area contributed by atoms with Crippen LogP contribution in [-0.4, -0.2) is 9.55 Å². The summed E-state index contributed by atoms with van der Waals surface area (Å²) in [5.74, 6) is 1.70. The molecule has 0 aliphatic carbocycles. The first-order chi connectivity index (χ1) is 9.34. The molecule has 0 atom stereocenters. The van der Waals surface area contributed by atoms with E-state index in [1.807, 2.05) is 10.6 Å². The zero-order valence-electron chi connectivity index (χ0n) is 12.8. The Kier molecular flexibility index (Phi) is 3.71. The van der Waals surface area contributed by atoms with Crippen LogP contribution in [0, 0.1) is 6.92 Å². The van der Waals surface area contributed by atoms with Crippen molar-refractivity contribution in [3.8, 4) is 11.3 Å². The van der Waals surface area contributed by atoms with Crippen molar-refractivity contribution in [1.82, 2.24) is 9.55 Å². The molecule has 1 heterocycles. The lowest BCUT2D eigenvalue weighted by atomic mass is 9.95. The minimum atomic E-state index is -0.0555. The van der Waals surface area contributed by atoms with Crippen molar-refractivity contribution < 1.29 is 0 Å². The number of imidazole rings is 1. The molecule has 1 aromatic heterocycles. The van der Waals surface area contributed by atoms with Gasteiger partial charge in [0, 0.05) is 17.5 Å². The number of anilines is 1. The molecule has 2 rings (SSSR count). The van der Waals surface area contributed by atoms with E-state index in [2.05, 4.69) is 58.5 Å². The summed E-state index contributed by atoms with van der Waals surface area (Å²) in [6, 6.07) is 8.30. The molecule has 0 unspecified atom stereocenters. The first kappa shape index (κ1) is 14.4. The van der Waals surface area contributed by atoms with Gasteiger partial charge in [0.25, 0.3) is 0 Å². The molecule has 3 nitrogen and oxygen atoms in total. The number of nitrogen functional groups attached to an aromatic ring is 1. The number of aromatic nitrogens is 2. The molecular weight excluding hydrogens is 246 g/mol. The molecule has 0 aliphatic heterocycles. The molecule has 2 N–H and O–H groups in total. The fraction of sp³-hybridized carbons (Fsp3) is 0.353. The minimum absolute atomic E-state index is 0.0555. The Labute approximate surface area is 121 Å². The van der Waals surface area contributed by atoms with E-state index >= 15 is 0 Å². The predicted octanol–water partition coefficient (Wildman–Crippen LogP) is 3.92. The Morgan fingerprint density at radius 3 is 2.35 bits per heavy atom. The topological polar surface area (TPSA) is 43.8 Å². The molecule has 1 aromatic carbocycles. The zero-order valence-corrected chi connectivity index (χ0v) is 12.8. The largest absolute Gasteiger partial charge is 0.383 e. The zero-order chi connectivity index (χ0) is 14.9. The number of aryl methyl sites for hydroxylation is 1. The molecule has 2 aromatic rings. The fourth-order valence-corrected chi connectivity index (χ4v) is 2.28. The average Bonchev–Trinajstić information content (AvgIpc) is 2.69. The number of nitrogens with zero attached hydrogens (tertiary/aromatic N) is 2. The number of nitrogens with two attached hydrogens (primary N) is 1. The van der Waals surface area contributed by atoms with Gasteiger partial charge in [-0.25, -0.2) is 4.98 Å². The Bertz CT molecular complexity index is 613. The van der Waals surface area contributed by atoms with E-state index in [1.165, 1.54) is 5.56 Å². The number of benzene rings is 1. The van der Waals surface area contributed by atoms with Crippen LogP contribution in [0.2, 0.25) is 0 Å². The normalized spacial score (nSPS) is 11.6. The van der Waals surface area contributed by atoms with Crippen LogP contribution < -0.4 is 5.73 Å². The second-order valence-electron chi connectivity index (χ2n) is 6.18. The standard InChI is InChI=1S/C17H23N3/c1-6-11-20-15(18)14(19-16(20)17(3,4)5)13-9-7-12(2)8-10-13/h6-10H,1,11,18H2,2-5H3. The van der Waals surface area contributed by atoms with Crippen LogP contribution in [0.3, 0.4) is 0 Å². The Hall–Kier alpha value is -2.03. The summed E-state index contributed by atoms with van der Waals surface area (Å²) >= 11 is 0. The Morgan fingerprint density at radius 2 is 1.85 bits per heavy atom. The van der Waals surface area contributed by atoms with Crippen LogP contribution in [0.5, 0.6) is 0 Å². The van der Waals surface area contributed by atoms with Gasteiger partial charge in [-0.2, -0.15) is 0 Å². The number of hydrogen-bond acceptors (Lipinski definition) is 2. The average molecular weight is 269 g/mol. The summed E-state index contributed by atoms with van der Waals surface area (Å²) in [7, 11) is 0. The SMILES string of the molecule is C=CCn1c(C(C)(C)C)nc(-c2ccc(C)cc2)c1N. The quantitative estimate of drug-likeness (QED) is 0.858.